The summed E-state index contributed by atoms with van der Waals surface area (Å²) in [6.45, 7) is 4.49. The summed E-state index contributed by atoms with van der Waals surface area (Å²) >= 11 is 1.23. The number of halogens is 1. The third kappa shape index (κ3) is 3.74. The van der Waals surface area contributed by atoms with Gasteiger partial charge in [0.25, 0.3) is 0 Å². The van der Waals surface area contributed by atoms with Crippen molar-refractivity contribution in [2.24, 2.45) is 5.92 Å². The van der Waals surface area contributed by atoms with E-state index in [0.29, 0.717) is 21.9 Å². The summed E-state index contributed by atoms with van der Waals surface area (Å²) in [6, 6.07) is 10.4. The zero-order valence-corrected chi connectivity index (χ0v) is 17.2. The standard InChI is InChI=1S/C22H22FN3O2S/c1-3-13-6-5-7-14(4-2)20(13)26-12-15(10-19(26)27)21(28)25-22-24-17-9-8-16(23)11-18(17)29-22/h5-9,11,15H,3-4,10,12H2,1-2H3,(H,24,25,28). The molecule has 0 saturated carbocycles. The number of thiazole rings is 1. The number of rotatable bonds is 5. The summed E-state index contributed by atoms with van der Waals surface area (Å²) in [5, 5.41) is 3.23. The van der Waals surface area contributed by atoms with E-state index >= 15 is 0 Å². The molecule has 1 unspecified atom stereocenters. The molecule has 1 aromatic heterocycles. The first-order chi connectivity index (χ1) is 14.0. The van der Waals surface area contributed by atoms with Crippen LogP contribution in [0.5, 0.6) is 0 Å². The van der Waals surface area contributed by atoms with Crippen LogP contribution in [0.3, 0.4) is 0 Å². The van der Waals surface area contributed by atoms with E-state index in [0.717, 1.165) is 29.7 Å². The van der Waals surface area contributed by atoms with Crippen LogP contribution < -0.4 is 10.2 Å². The second-order valence-corrected chi connectivity index (χ2v) is 8.19. The number of carbonyl (C=O) groups excluding carboxylic acids is 2. The number of anilines is 2. The highest BCUT2D eigenvalue weighted by Crippen LogP contribution is 2.33. The van der Waals surface area contributed by atoms with E-state index in [4.69, 9.17) is 0 Å². The van der Waals surface area contributed by atoms with E-state index in [1.807, 2.05) is 18.2 Å². The molecule has 0 spiro atoms. The first-order valence-corrected chi connectivity index (χ1v) is 10.6. The van der Waals surface area contributed by atoms with Crippen LogP contribution in [-0.2, 0) is 22.4 Å². The molecule has 0 aliphatic carbocycles. The Labute approximate surface area is 172 Å². The second kappa shape index (κ2) is 7.91. The van der Waals surface area contributed by atoms with Gasteiger partial charge in [-0.1, -0.05) is 43.4 Å². The lowest BCUT2D eigenvalue weighted by Crippen LogP contribution is -2.29. The van der Waals surface area contributed by atoms with Gasteiger partial charge in [-0.2, -0.15) is 0 Å². The van der Waals surface area contributed by atoms with Crippen molar-refractivity contribution in [2.75, 3.05) is 16.8 Å². The van der Waals surface area contributed by atoms with Crippen LogP contribution in [0.25, 0.3) is 10.2 Å². The smallest absolute Gasteiger partial charge is 0.231 e. The molecule has 2 heterocycles. The Morgan fingerprint density at radius 3 is 2.66 bits per heavy atom. The Bertz CT molecular complexity index is 1070. The SMILES string of the molecule is CCc1cccc(CC)c1N1CC(C(=O)Nc2nc3ccc(F)cc3s2)CC1=O. The fourth-order valence-electron chi connectivity index (χ4n) is 3.82. The van der Waals surface area contributed by atoms with E-state index in [9.17, 15) is 14.0 Å². The van der Waals surface area contributed by atoms with Crippen molar-refractivity contribution in [1.29, 1.82) is 0 Å². The molecule has 1 saturated heterocycles. The molecule has 2 aromatic carbocycles. The zero-order valence-electron chi connectivity index (χ0n) is 16.4. The highest BCUT2D eigenvalue weighted by atomic mass is 32.1. The van der Waals surface area contributed by atoms with E-state index in [-0.39, 0.29) is 24.1 Å². The van der Waals surface area contributed by atoms with Gasteiger partial charge in [0.2, 0.25) is 11.8 Å². The summed E-state index contributed by atoms with van der Waals surface area (Å²) in [6.07, 6.45) is 1.82. The van der Waals surface area contributed by atoms with E-state index < -0.39 is 5.92 Å². The van der Waals surface area contributed by atoms with Crippen molar-refractivity contribution in [1.82, 2.24) is 4.98 Å². The van der Waals surface area contributed by atoms with Crippen molar-refractivity contribution in [3.05, 3.63) is 53.3 Å². The topological polar surface area (TPSA) is 62.3 Å². The van der Waals surface area contributed by atoms with Gasteiger partial charge < -0.3 is 10.2 Å². The molecule has 0 bridgehead atoms. The molecule has 7 heteroatoms. The van der Waals surface area contributed by atoms with Crippen LogP contribution >= 0.6 is 11.3 Å². The molecule has 1 aliphatic rings. The summed E-state index contributed by atoms with van der Waals surface area (Å²) in [5.41, 5.74) is 3.83. The van der Waals surface area contributed by atoms with Crippen molar-refractivity contribution in [2.45, 2.75) is 33.1 Å². The third-order valence-electron chi connectivity index (χ3n) is 5.31. The predicted molar refractivity (Wildman–Crippen MR) is 114 cm³/mol. The Morgan fingerprint density at radius 2 is 1.97 bits per heavy atom. The van der Waals surface area contributed by atoms with Gasteiger partial charge in [0.05, 0.1) is 16.1 Å². The van der Waals surface area contributed by atoms with Crippen LogP contribution in [0.2, 0.25) is 0 Å². The molecule has 1 aliphatic heterocycles. The monoisotopic (exact) mass is 411 g/mol. The number of nitrogens with one attached hydrogen (secondary N) is 1. The number of hydrogen-bond donors (Lipinski definition) is 1. The number of para-hydroxylation sites is 1. The maximum Gasteiger partial charge on any atom is 0.231 e. The van der Waals surface area contributed by atoms with Gasteiger partial charge in [-0.25, -0.2) is 9.37 Å². The zero-order chi connectivity index (χ0) is 20.5. The maximum absolute atomic E-state index is 13.4. The maximum atomic E-state index is 13.4. The summed E-state index contributed by atoms with van der Waals surface area (Å²) in [4.78, 5) is 31.6. The predicted octanol–water partition coefficient (Wildman–Crippen LogP) is 4.55. The van der Waals surface area contributed by atoms with Gasteiger partial charge in [0.15, 0.2) is 5.13 Å². The fourth-order valence-corrected chi connectivity index (χ4v) is 4.71. The molecule has 1 atom stereocenters. The van der Waals surface area contributed by atoms with Crippen LogP contribution in [0.4, 0.5) is 15.2 Å². The second-order valence-electron chi connectivity index (χ2n) is 7.16. The third-order valence-corrected chi connectivity index (χ3v) is 6.24. The van der Waals surface area contributed by atoms with E-state index in [2.05, 4.69) is 24.1 Å². The normalized spacial score (nSPS) is 16.6. The van der Waals surface area contributed by atoms with Crippen molar-refractivity contribution < 1.29 is 14.0 Å². The van der Waals surface area contributed by atoms with Crippen molar-refractivity contribution >= 4 is 44.2 Å². The first kappa shape index (κ1) is 19.5. The molecule has 4 rings (SSSR count). The number of nitrogens with zero attached hydrogens (tertiary/aromatic N) is 2. The number of benzene rings is 2. The average molecular weight is 412 g/mol. The van der Waals surface area contributed by atoms with Gasteiger partial charge in [-0.15, -0.1) is 0 Å². The summed E-state index contributed by atoms with van der Waals surface area (Å²) in [5.74, 6) is -1.04. The lowest BCUT2D eigenvalue weighted by atomic mass is 10.0. The van der Waals surface area contributed by atoms with Crippen molar-refractivity contribution in [3.8, 4) is 0 Å². The molecule has 150 valence electrons. The van der Waals surface area contributed by atoms with Crippen molar-refractivity contribution in [3.63, 3.8) is 0 Å². The minimum Gasteiger partial charge on any atom is -0.311 e. The molecule has 3 aromatic rings. The Balaban J connectivity index is 1.54. The number of fused-ring (bicyclic) bond motifs is 1. The Hall–Kier alpha value is -2.80. The number of carbonyl (C=O) groups is 2. The van der Waals surface area contributed by atoms with Crippen LogP contribution in [0.15, 0.2) is 36.4 Å². The van der Waals surface area contributed by atoms with Crippen LogP contribution in [0.1, 0.15) is 31.4 Å². The number of aromatic nitrogens is 1. The summed E-state index contributed by atoms with van der Waals surface area (Å²) < 4.78 is 14.0. The molecule has 29 heavy (non-hydrogen) atoms. The molecular formula is C22H22FN3O2S. The van der Waals surface area contributed by atoms with Gasteiger partial charge in [0, 0.05) is 18.7 Å². The highest BCUT2D eigenvalue weighted by molar-refractivity contribution is 7.22. The highest BCUT2D eigenvalue weighted by Gasteiger charge is 2.36. The van der Waals surface area contributed by atoms with E-state index in [1.54, 1.807) is 11.0 Å². The summed E-state index contributed by atoms with van der Waals surface area (Å²) in [7, 11) is 0. The van der Waals surface area contributed by atoms with E-state index in [1.165, 1.54) is 23.5 Å². The lowest BCUT2D eigenvalue weighted by Gasteiger charge is -2.23. The molecule has 2 amide bonds. The average Bonchev–Trinajstić information content (AvgIpc) is 3.29. The molecular weight excluding hydrogens is 389 g/mol. The van der Waals surface area contributed by atoms with Gasteiger partial charge >= 0.3 is 0 Å². The Morgan fingerprint density at radius 1 is 1.24 bits per heavy atom. The van der Waals surface area contributed by atoms with Gasteiger partial charge in [0.1, 0.15) is 5.82 Å². The molecule has 1 N–H and O–H groups in total. The number of hydrogen-bond acceptors (Lipinski definition) is 4. The molecule has 1 fully saturated rings. The van der Waals surface area contributed by atoms with Gasteiger partial charge in [-0.05, 0) is 42.2 Å². The van der Waals surface area contributed by atoms with Gasteiger partial charge in [-0.3, -0.25) is 9.59 Å². The quantitative estimate of drug-likeness (QED) is 0.670. The first-order valence-electron chi connectivity index (χ1n) is 9.78. The largest absolute Gasteiger partial charge is 0.311 e. The molecule has 0 radical (unpaired) electrons. The van der Waals surface area contributed by atoms with Crippen LogP contribution in [-0.4, -0.2) is 23.3 Å². The lowest BCUT2D eigenvalue weighted by molar-refractivity contribution is -0.122. The van der Waals surface area contributed by atoms with Crippen LogP contribution in [0, 0.1) is 11.7 Å². The minimum absolute atomic E-state index is 0.0351. The number of amides is 2. The minimum atomic E-state index is -0.444. The fraction of sp³-hybridized carbons (Fsp3) is 0.318. The Kier molecular flexibility index (Phi) is 5.32. The number of aryl methyl sites for hydroxylation is 2. The molecule has 5 nitrogen and oxygen atoms in total.